The van der Waals surface area contributed by atoms with E-state index < -0.39 is 5.97 Å². The average molecular weight is 359 g/mol. The van der Waals surface area contributed by atoms with Crippen LogP contribution in [-0.2, 0) is 0 Å². The van der Waals surface area contributed by atoms with E-state index in [-0.39, 0.29) is 5.56 Å². The van der Waals surface area contributed by atoms with Gasteiger partial charge in [-0.3, -0.25) is 0 Å². The topological polar surface area (TPSA) is 83.3 Å². The minimum Gasteiger partial charge on any atom is -0.478 e. The number of hydrogen-bond acceptors (Lipinski definition) is 4. The van der Waals surface area contributed by atoms with Crippen LogP contribution in [0.2, 0.25) is 5.02 Å². The minimum absolute atomic E-state index is 0.217. The standard InChI is InChI=1S/C16H11ClN4O2S/c17-13-7-5-11(6-8-13)14-19-20-16(24)21(14)18-9-10-1-3-12(4-2-10)15(22)23/h1-9H,(H,20,24)(H,22,23)/b18-9+. The third kappa shape index (κ3) is 3.42. The van der Waals surface area contributed by atoms with Crippen molar-refractivity contribution in [3.63, 3.8) is 0 Å². The van der Waals surface area contributed by atoms with Gasteiger partial charge < -0.3 is 5.11 Å². The fourth-order valence-corrected chi connectivity index (χ4v) is 2.33. The summed E-state index contributed by atoms with van der Waals surface area (Å²) in [6, 6.07) is 13.5. The summed E-state index contributed by atoms with van der Waals surface area (Å²) in [6.45, 7) is 0. The minimum atomic E-state index is -0.972. The molecule has 6 nitrogen and oxygen atoms in total. The fourth-order valence-electron chi connectivity index (χ4n) is 2.02. The van der Waals surface area contributed by atoms with Crippen molar-refractivity contribution in [1.29, 1.82) is 0 Å². The lowest BCUT2D eigenvalue weighted by atomic mass is 10.1. The Hall–Kier alpha value is -2.77. The van der Waals surface area contributed by atoms with E-state index in [0.29, 0.717) is 15.6 Å². The van der Waals surface area contributed by atoms with Crippen LogP contribution < -0.4 is 0 Å². The first-order valence-corrected chi connectivity index (χ1v) is 7.64. The molecule has 1 heterocycles. The molecule has 0 atom stereocenters. The summed E-state index contributed by atoms with van der Waals surface area (Å²) in [4.78, 5) is 10.9. The van der Waals surface area contributed by atoms with Crippen molar-refractivity contribution in [1.82, 2.24) is 14.9 Å². The Bertz CT molecular complexity index is 959. The van der Waals surface area contributed by atoms with Crippen LogP contribution in [0.3, 0.4) is 0 Å². The van der Waals surface area contributed by atoms with Gasteiger partial charge in [0.1, 0.15) is 0 Å². The number of benzene rings is 2. The second-order valence-electron chi connectivity index (χ2n) is 4.84. The number of halogens is 1. The first-order chi connectivity index (χ1) is 11.5. The number of rotatable bonds is 4. The summed E-state index contributed by atoms with van der Waals surface area (Å²) in [6.07, 6.45) is 1.58. The number of aromatic amines is 1. The molecule has 0 saturated carbocycles. The summed E-state index contributed by atoms with van der Waals surface area (Å²) < 4.78 is 1.84. The van der Waals surface area contributed by atoms with Crippen LogP contribution >= 0.6 is 23.8 Å². The average Bonchev–Trinajstić information content (AvgIpc) is 2.95. The second-order valence-corrected chi connectivity index (χ2v) is 5.67. The monoisotopic (exact) mass is 358 g/mol. The van der Waals surface area contributed by atoms with Crippen molar-refractivity contribution in [2.45, 2.75) is 0 Å². The maximum atomic E-state index is 10.9. The van der Waals surface area contributed by atoms with E-state index in [1.54, 1.807) is 30.5 Å². The van der Waals surface area contributed by atoms with Gasteiger partial charge in [0.15, 0.2) is 5.82 Å². The molecule has 3 aromatic rings. The third-order valence-corrected chi connectivity index (χ3v) is 3.75. The number of carboxylic acids is 1. The number of H-pyrrole nitrogens is 1. The number of nitrogens with one attached hydrogen (secondary N) is 1. The predicted octanol–water partition coefficient (Wildman–Crippen LogP) is 3.84. The van der Waals surface area contributed by atoms with E-state index in [9.17, 15) is 4.79 Å². The Morgan fingerprint density at radius 2 is 1.88 bits per heavy atom. The van der Waals surface area contributed by atoms with Gasteiger partial charge in [-0.05, 0) is 54.2 Å². The smallest absolute Gasteiger partial charge is 0.335 e. The van der Waals surface area contributed by atoms with E-state index in [0.717, 1.165) is 11.1 Å². The van der Waals surface area contributed by atoms with Gasteiger partial charge in [0.25, 0.3) is 0 Å². The van der Waals surface area contributed by atoms with Gasteiger partial charge in [-0.15, -0.1) is 0 Å². The van der Waals surface area contributed by atoms with Crippen LogP contribution in [0.4, 0.5) is 0 Å². The van der Waals surface area contributed by atoms with Crippen LogP contribution in [0.15, 0.2) is 53.6 Å². The molecule has 8 heteroatoms. The molecule has 0 unspecified atom stereocenters. The molecule has 2 N–H and O–H groups in total. The number of nitrogens with zero attached hydrogens (tertiary/aromatic N) is 3. The molecule has 1 aromatic heterocycles. The highest BCUT2D eigenvalue weighted by molar-refractivity contribution is 7.71. The number of aromatic carboxylic acids is 1. The molecule has 0 aliphatic rings. The highest BCUT2D eigenvalue weighted by atomic mass is 35.5. The number of carbonyl (C=O) groups is 1. The van der Waals surface area contributed by atoms with Crippen molar-refractivity contribution in [2.75, 3.05) is 0 Å². The zero-order valence-corrected chi connectivity index (χ0v) is 13.8. The molecule has 0 bridgehead atoms. The molecule has 0 aliphatic heterocycles. The van der Waals surface area contributed by atoms with Crippen LogP contribution in [0.5, 0.6) is 0 Å². The Morgan fingerprint density at radius 1 is 1.21 bits per heavy atom. The van der Waals surface area contributed by atoms with Gasteiger partial charge in [-0.2, -0.15) is 14.9 Å². The molecule has 0 amide bonds. The maximum Gasteiger partial charge on any atom is 0.335 e. The van der Waals surface area contributed by atoms with Gasteiger partial charge in [-0.25, -0.2) is 9.89 Å². The first kappa shape index (κ1) is 16.1. The van der Waals surface area contributed by atoms with Crippen LogP contribution in [-0.4, -0.2) is 32.2 Å². The Labute approximate surface area is 147 Å². The highest BCUT2D eigenvalue weighted by Gasteiger charge is 2.08. The number of aromatic nitrogens is 3. The van der Waals surface area contributed by atoms with Gasteiger partial charge in [-0.1, -0.05) is 23.7 Å². The van der Waals surface area contributed by atoms with E-state index in [1.165, 1.54) is 16.8 Å². The van der Waals surface area contributed by atoms with Crippen molar-refractivity contribution in [3.8, 4) is 11.4 Å². The molecule has 0 radical (unpaired) electrons. The van der Waals surface area contributed by atoms with E-state index in [2.05, 4.69) is 15.3 Å². The molecule has 3 rings (SSSR count). The SMILES string of the molecule is O=C(O)c1ccc(/C=N/n2c(-c3ccc(Cl)cc3)n[nH]c2=S)cc1. The van der Waals surface area contributed by atoms with Crippen molar-refractivity contribution < 1.29 is 9.90 Å². The lowest BCUT2D eigenvalue weighted by Crippen LogP contribution is -1.97. The summed E-state index contributed by atoms with van der Waals surface area (Å²) in [5, 5.41) is 20.7. The number of carboxylic acid groups (broad SMARTS) is 1. The van der Waals surface area contributed by atoms with Crippen molar-refractivity contribution >= 4 is 36.0 Å². The summed E-state index contributed by atoms with van der Waals surface area (Å²) in [7, 11) is 0. The quantitative estimate of drug-likeness (QED) is 0.548. The first-order valence-electron chi connectivity index (χ1n) is 6.85. The van der Waals surface area contributed by atoms with E-state index in [1.807, 2.05) is 12.1 Å². The highest BCUT2D eigenvalue weighted by Crippen LogP contribution is 2.19. The van der Waals surface area contributed by atoms with Gasteiger partial charge in [0.05, 0.1) is 11.8 Å². The molecule has 0 fully saturated rings. The Morgan fingerprint density at radius 3 is 2.50 bits per heavy atom. The van der Waals surface area contributed by atoms with E-state index >= 15 is 0 Å². The second kappa shape index (κ2) is 6.77. The molecular weight excluding hydrogens is 348 g/mol. The van der Waals surface area contributed by atoms with Crippen LogP contribution in [0.25, 0.3) is 11.4 Å². The Kier molecular flexibility index (Phi) is 4.54. The number of hydrogen-bond donors (Lipinski definition) is 2. The molecule has 0 spiro atoms. The molecule has 2 aromatic carbocycles. The zero-order chi connectivity index (χ0) is 17.1. The lowest BCUT2D eigenvalue weighted by Gasteiger charge is -2.01. The summed E-state index contributed by atoms with van der Waals surface area (Å²) in [5.41, 5.74) is 1.77. The largest absolute Gasteiger partial charge is 0.478 e. The molecule has 0 aliphatic carbocycles. The van der Waals surface area contributed by atoms with Crippen LogP contribution in [0, 0.1) is 4.77 Å². The molecule has 120 valence electrons. The van der Waals surface area contributed by atoms with Gasteiger partial charge in [0, 0.05) is 10.6 Å². The van der Waals surface area contributed by atoms with Crippen LogP contribution in [0.1, 0.15) is 15.9 Å². The third-order valence-electron chi connectivity index (χ3n) is 3.23. The Balaban J connectivity index is 1.92. The summed E-state index contributed by atoms with van der Waals surface area (Å²) >= 11 is 11.1. The molecule has 0 saturated heterocycles. The van der Waals surface area contributed by atoms with Gasteiger partial charge >= 0.3 is 5.97 Å². The normalized spacial score (nSPS) is 11.0. The molecular formula is C16H11ClN4O2S. The maximum absolute atomic E-state index is 10.9. The van der Waals surface area contributed by atoms with E-state index in [4.69, 9.17) is 28.9 Å². The summed E-state index contributed by atoms with van der Waals surface area (Å²) in [5.74, 6) is -0.421. The zero-order valence-electron chi connectivity index (χ0n) is 12.2. The molecule has 24 heavy (non-hydrogen) atoms. The lowest BCUT2D eigenvalue weighted by molar-refractivity contribution is 0.0697. The van der Waals surface area contributed by atoms with Gasteiger partial charge in [0.2, 0.25) is 4.77 Å². The fraction of sp³-hybridized carbons (Fsp3) is 0. The van der Waals surface area contributed by atoms with Crippen molar-refractivity contribution in [2.24, 2.45) is 5.10 Å². The van der Waals surface area contributed by atoms with Crippen molar-refractivity contribution in [3.05, 3.63) is 69.5 Å². The predicted molar refractivity (Wildman–Crippen MR) is 94.3 cm³/mol.